The highest BCUT2D eigenvalue weighted by Crippen LogP contribution is 2.36. The molecule has 0 saturated carbocycles. The summed E-state index contributed by atoms with van der Waals surface area (Å²) in [6, 6.07) is 19.9. The Morgan fingerprint density at radius 3 is 2.54 bits per heavy atom. The van der Waals surface area contributed by atoms with Crippen molar-refractivity contribution in [1.29, 1.82) is 0 Å². The van der Waals surface area contributed by atoms with E-state index in [2.05, 4.69) is 5.32 Å². The molecule has 3 aromatic carbocycles. The van der Waals surface area contributed by atoms with Crippen molar-refractivity contribution in [2.75, 3.05) is 37.1 Å². The van der Waals surface area contributed by atoms with Crippen LogP contribution in [-0.2, 0) is 9.59 Å². The minimum Gasteiger partial charge on any atom is -0.497 e. The van der Waals surface area contributed by atoms with Crippen LogP contribution in [0.5, 0.6) is 23.0 Å². The van der Waals surface area contributed by atoms with E-state index < -0.39 is 6.10 Å². The van der Waals surface area contributed by atoms with Gasteiger partial charge in [0.1, 0.15) is 29.6 Å². The second kappa shape index (κ2) is 10.8. The van der Waals surface area contributed by atoms with Gasteiger partial charge in [-0.2, -0.15) is 0 Å². The number of carbonyl (C=O) groups excluding carboxylic acids is 2. The van der Waals surface area contributed by atoms with Crippen molar-refractivity contribution < 1.29 is 28.5 Å². The maximum absolute atomic E-state index is 12.8. The van der Waals surface area contributed by atoms with E-state index in [9.17, 15) is 9.59 Å². The van der Waals surface area contributed by atoms with Crippen LogP contribution in [0, 0.1) is 6.92 Å². The van der Waals surface area contributed by atoms with E-state index in [1.165, 1.54) is 0 Å². The molecule has 1 atom stereocenters. The second-order valence-electron chi connectivity index (χ2n) is 8.11. The molecule has 0 bridgehead atoms. The number of amides is 2. The highest BCUT2D eigenvalue weighted by Gasteiger charge is 2.31. The van der Waals surface area contributed by atoms with Gasteiger partial charge in [-0.05, 0) is 56.3 Å². The first kappa shape index (κ1) is 23.9. The first-order chi connectivity index (χ1) is 16.9. The molecule has 0 aliphatic carbocycles. The normalized spacial score (nSPS) is 14.5. The van der Waals surface area contributed by atoms with E-state index in [1.807, 2.05) is 31.2 Å². The first-order valence-electron chi connectivity index (χ1n) is 11.3. The second-order valence-corrected chi connectivity index (χ2v) is 8.11. The molecule has 0 spiro atoms. The molecule has 1 unspecified atom stereocenters. The average molecular weight is 477 g/mol. The van der Waals surface area contributed by atoms with Crippen molar-refractivity contribution in [3.05, 3.63) is 72.3 Å². The van der Waals surface area contributed by atoms with Crippen molar-refractivity contribution in [1.82, 2.24) is 0 Å². The lowest BCUT2D eigenvalue weighted by atomic mass is 10.1. The van der Waals surface area contributed by atoms with Crippen LogP contribution in [0.2, 0.25) is 0 Å². The lowest BCUT2D eigenvalue weighted by Crippen LogP contribution is -2.46. The molecule has 1 heterocycles. The van der Waals surface area contributed by atoms with E-state index in [-0.39, 0.29) is 18.4 Å². The molecule has 3 aromatic rings. The van der Waals surface area contributed by atoms with Crippen molar-refractivity contribution in [2.24, 2.45) is 0 Å². The van der Waals surface area contributed by atoms with E-state index in [0.29, 0.717) is 41.8 Å². The number of rotatable bonds is 9. The van der Waals surface area contributed by atoms with E-state index in [1.54, 1.807) is 61.4 Å². The largest absolute Gasteiger partial charge is 0.497 e. The highest BCUT2D eigenvalue weighted by molar-refractivity contribution is 6.01. The molecule has 35 heavy (non-hydrogen) atoms. The van der Waals surface area contributed by atoms with Gasteiger partial charge in [-0.3, -0.25) is 9.59 Å². The summed E-state index contributed by atoms with van der Waals surface area (Å²) in [7, 11) is 1.56. The highest BCUT2D eigenvalue weighted by atomic mass is 16.5. The molecule has 0 aromatic heterocycles. The van der Waals surface area contributed by atoms with Gasteiger partial charge in [-0.1, -0.05) is 23.8 Å². The Bertz CT molecular complexity index is 1190. The Kier molecular flexibility index (Phi) is 7.40. The third kappa shape index (κ3) is 6.03. The summed E-state index contributed by atoms with van der Waals surface area (Å²) in [6.45, 7) is 4.20. The molecule has 1 aliphatic rings. The number of benzene rings is 3. The molecule has 1 N–H and O–H groups in total. The van der Waals surface area contributed by atoms with Crippen LogP contribution in [0.15, 0.2) is 66.7 Å². The van der Waals surface area contributed by atoms with Gasteiger partial charge in [0.25, 0.3) is 11.8 Å². The lowest BCUT2D eigenvalue weighted by Gasteiger charge is -2.33. The van der Waals surface area contributed by atoms with Gasteiger partial charge in [-0.15, -0.1) is 0 Å². The summed E-state index contributed by atoms with van der Waals surface area (Å²) in [4.78, 5) is 26.9. The number of nitrogens with one attached hydrogen (secondary N) is 1. The maximum atomic E-state index is 12.8. The van der Waals surface area contributed by atoms with Crippen LogP contribution in [-0.4, -0.2) is 44.8 Å². The number of aryl methyl sites for hydroxylation is 1. The van der Waals surface area contributed by atoms with Crippen molar-refractivity contribution in [3.8, 4) is 23.0 Å². The minimum absolute atomic E-state index is 0.171. The number of carbonyl (C=O) groups is 2. The molecule has 8 heteroatoms. The van der Waals surface area contributed by atoms with Crippen LogP contribution < -0.4 is 29.2 Å². The fourth-order valence-corrected chi connectivity index (χ4v) is 3.64. The molecular weight excluding hydrogens is 448 g/mol. The fourth-order valence-electron chi connectivity index (χ4n) is 3.64. The number of fused-ring (bicyclic) bond motifs is 1. The lowest BCUT2D eigenvalue weighted by molar-refractivity contribution is -0.125. The van der Waals surface area contributed by atoms with Gasteiger partial charge in [0.15, 0.2) is 12.7 Å². The molecule has 182 valence electrons. The molecule has 0 saturated heterocycles. The van der Waals surface area contributed by atoms with Gasteiger partial charge in [0, 0.05) is 11.8 Å². The van der Waals surface area contributed by atoms with Crippen LogP contribution in [0.1, 0.15) is 12.5 Å². The summed E-state index contributed by atoms with van der Waals surface area (Å²) < 4.78 is 22.3. The van der Waals surface area contributed by atoms with E-state index in [4.69, 9.17) is 18.9 Å². The van der Waals surface area contributed by atoms with Gasteiger partial charge in [0.05, 0.1) is 19.3 Å². The Morgan fingerprint density at radius 1 is 1.00 bits per heavy atom. The van der Waals surface area contributed by atoms with Gasteiger partial charge >= 0.3 is 0 Å². The number of methoxy groups -OCH3 is 1. The zero-order chi connectivity index (χ0) is 24.8. The number of hydrogen-bond donors (Lipinski definition) is 1. The number of anilines is 2. The smallest absolute Gasteiger partial charge is 0.267 e. The van der Waals surface area contributed by atoms with E-state index >= 15 is 0 Å². The molecule has 2 amide bonds. The SMILES string of the molecule is COc1cccc(OCC(=O)Nc2ccc3c(c2)N(CCOc2ccc(C)cc2)C(=O)C(C)O3)c1. The van der Waals surface area contributed by atoms with Gasteiger partial charge in [-0.25, -0.2) is 0 Å². The summed E-state index contributed by atoms with van der Waals surface area (Å²) in [5.74, 6) is 1.97. The fraction of sp³-hybridized carbons (Fsp3) is 0.259. The summed E-state index contributed by atoms with van der Waals surface area (Å²) in [6.07, 6.45) is -0.612. The summed E-state index contributed by atoms with van der Waals surface area (Å²) in [5, 5.41) is 2.80. The third-order valence-corrected chi connectivity index (χ3v) is 5.47. The monoisotopic (exact) mass is 476 g/mol. The van der Waals surface area contributed by atoms with Crippen LogP contribution >= 0.6 is 0 Å². The number of hydrogen-bond acceptors (Lipinski definition) is 6. The van der Waals surface area contributed by atoms with Gasteiger partial charge in [0.2, 0.25) is 0 Å². The predicted octanol–water partition coefficient (Wildman–Crippen LogP) is 4.21. The Labute approximate surface area is 204 Å². The van der Waals surface area contributed by atoms with Crippen LogP contribution in [0.4, 0.5) is 11.4 Å². The maximum Gasteiger partial charge on any atom is 0.267 e. The molecular formula is C27H28N2O6. The van der Waals surface area contributed by atoms with Crippen molar-refractivity contribution in [2.45, 2.75) is 20.0 Å². The predicted molar refractivity (Wildman–Crippen MR) is 133 cm³/mol. The third-order valence-electron chi connectivity index (χ3n) is 5.47. The molecule has 8 nitrogen and oxygen atoms in total. The molecule has 1 aliphatic heterocycles. The number of nitrogens with zero attached hydrogens (tertiary/aromatic N) is 1. The Balaban J connectivity index is 1.40. The topological polar surface area (TPSA) is 86.3 Å². The zero-order valence-corrected chi connectivity index (χ0v) is 19.9. The average Bonchev–Trinajstić information content (AvgIpc) is 2.86. The standard InChI is InChI=1S/C27H28N2O6/c1-18-7-10-21(11-8-18)33-14-13-29-24-15-20(9-12-25(24)35-19(2)27(29)31)28-26(30)17-34-23-6-4-5-22(16-23)32-3/h4-12,15-16,19H,13-14,17H2,1-3H3,(H,28,30). The minimum atomic E-state index is -0.612. The summed E-state index contributed by atoms with van der Waals surface area (Å²) >= 11 is 0. The molecule has 0 radical (unpaired) electrons. The quantitative estimate of drug-likeness (QED) is 0.498. The van der Waals surface area contributed by atoms with Crippen LogP contribution in [0.3, 0.4) is 0 Å². The van der Waals surface area contributed by atoms with Crippen LogP contribution in [0.25, 0.3) is 0 Å². The van der Waals surface area contributed by atoms with Crippen molar-refractivity contribution in [3.63, 3.8) is 0 Å². The Hall–Kier alpha value is -4.20. The van der Waals surface area contributed by atoms with Gasteiger partial charge < -0.3 is 29.2 Å². The summed E-state index contributed by atoms with van der Waals surface area (Å²) in [5.41, 5.74) is 2.25. The van der Waals surface area contributed by atoms with E-state index in [0.717, 1.165) is 11.3 Å². The number of ether oxygens (including phenoxy) is 4. The molecule has 4 rings (SSSR count). The Morgan fingerprint density at radius 2 is 1.77 bits per heavy atom. The zero-order valence-electron chi connectivity index (χ0n) is 19.9. The first-order valence-corrected chi connectivity index (χ1v) is 11.3. The van der Waals surface area contributed by atoms with Crippen molar-refractivity contribution >= 4 is 23.2 Å². The molecule has 0 fully saturated rings.